The third-order valence-corrected chi connectivity index (χ3v) is 1.51. The average molecular weight is 174 g/mol. The Balaban J connectivity index is 4.01. The summed E-state index contributed by atoms with van der Waals surface area (Å²) in [6.45, 7) is 1.48. The van der Waals surface area contributed by atoms with Crippen LogP contribution in [-0.4, -0.2) is 41.5 Å². The van der Waals surface area contributed by atoms with Crippen molar-refractivity contribution in [2.24, 2.45) is 5.73 Å². The van der Waals surface area contributed by atoms with Crippen LogP contribution >= 0.6 is 0 Å². The van der Waals surface area contributed by atoms with Gasteiger partial charge in [-0.05, 0) is 6.42 Å². The Labute approximate surface area is 71.1 Å². The quantitative estimate of drug-likeness (QED) is 0.588. The molecule has 0 spiro atoms. The topological polar surface area (TPSA) is 83.6 Å². The lowest BCUT2D eigenvalue weighted by atomic mass is 10.2. The summed E-state index contributed by atoms with van der Waals surface area (Å²) in [7, 11) is 1.42. The van der Waals surface area contributed by atoms with Crippen molar-refractivity contribution < 1.29 is 14.7 Å². The van der Waals surface area contributed by atoms with Crippen LogP contribution in [0.25, 0.3) is 0 Å². The van der Waals surface area contributed by atoms with Crippen molar-refractivity contribution in [1.82, 2.24) is 4.90 Å². The number of carbonyl (C=O) groups excluding carboxylic acids is 1. The first kappa shape index (κ1) is 10.9. The van der Waals surface area contributed by atoms with Gasteiger partial charge in [-0.1, -0.05) is 6.92 Å². The van der Waals surface area contributed by atoms with E-state index in [1.165, 1.54) is 7.05 Å². The van der Waals surface area contributed by atoms with Crippen molar-refractivity contribution in [3.63, 3.8) is 0 Å². The van der Waals surface area contributed by atoms with Gasteiger partial charge in [0.1, 0.15) is 6.54 Å². The molecule has 0 aliphatic rings. The molecule has 0 saturated carbocycles. The first-order valence-electron chi connectivity index (χ1n) is 3.71. The highest BCUT2D eigenvalue weighted by Gasteiger charge is 2.17. The molecule has 0 bridgehead atoms. The standard InChI is InChI=1S/C7H14N2O3/c1-3-5(8)7(12)9(2)4-6(10)11/h5H,3-4,8H2,1-2H3,(H,10,11)/t5-/m0/s1. The van der Waals surface area contributed by atoms with Crippen LogP contribution in [0.15, 0.2) is 0 Å². The first-order valence-corrected chi connectivity index (χ1v) is 3.71. The number of likely N-dealkylation sites (N-methyl/N-ethyl adjacent to an activating group) is 1. The van der Waals surface area contributed by atoms with E-state index in [2.05, 4.69) is 0 Å². The Morgan fingerprint density at radius 1 is 1.58 bits per heavy atom. The molecule has 0 aliphatic heterocycles. The predicted molar refractivity (Wildman–Crippen MR) is 43.5 cm³/mol. The first-order chi connectivity index (χ1) is 5.49. The summed E-state index contributed by atoms with van der Waals surface area (Å²) in [6, 6.07) is -0.589. The van der Waals surface area contributed by atoms with Gasteiger partial charge in [0.15, 0.2) is 0 Å². The van der Waals surface area contributed by atoms with Crippen LogP contribution in [0.2, 0.25) is 0 Å². The second-order valence-electron chi connectivity index (χ2n) is 2.60. The maximum atomic E-state index is 11.1. The highest BCUT2D eigenvalue weighted by atomic mass is 16.4. The average Bonchev–Trinajstić information content (AvgIpc) is 2.00. The number of rotatable bonds is 4. The van der Waals surface area contributed by atoms with Gasteiger partial charge in [0.05, 0.1) is 6.04 Å². The normalized spacial score (nSPS) is 12.2. The summed E-state index contributed by atoms with van der Waals surface area (Å²) in [4.78, 5) is 22.4. The van der Waals surface area contributed by atoms with Crippen LogP contribution in [0.4, 0.5) is 0 Å². The number of carboxylic acid groups (broad SMARTS) is 1. The van der Waals surface area contributed by atoms with Crippen molar-refractivity contribution in [2.75, 3.05) is 13.6 Å². The number of hydrogen-bond donors (Lipinski definition) is 2. The van der Waals surface area contributed by atoms with E-state index >= 15 is 0 Å². The van der Waals surface area contributed by atoms with Gasteiger partial charge in [-0.2, -0.15) is 0 Å². The van der Waals surface area contributed by atoms with E-state index in [1.54, 1.807) is 6.92 Å². The molecule has 1 atom stereocenters. The van der Waals surface area contributed by atoms with Crippen molar-refractivity contribution >= 4 is 11.9 Å². The molecule has 1 amide bonds. The molecule has 70 valence electrons. The molecule has 5 nitrogen and oxygen atoms in total. The highest BCUT2D eigenvalue weighted by Crippen LogP contribution is 1.93. The van der Waals surface area contributed by atoms with Crippen LogP contribution in [0, 0.1) is 0 Å². The van der Waals surface area contributed by atoms with Gasteiger partial charge < -0.3 is 15.7 Å². The Bertz CT molecular complexity index is 181. The van der Waals surface area contributed by atoms with E-state index in [9.17, 15) is 9.59 Å². The molecule has 0 aliphatic carbocycles. The summed E-state index contributed by atoms with van der Waals surface area (Å²) in [5.74, 6) is -1.37. The van der Waals surface area contributed by atoms with Gasteiger partial charge in [0.2, 0.25) is 5.91 Å². The zero-order valence-electron chi connectivity index (χ0n) is 7.28. The molecule has 0 fully saturated rings. The minimum Gasteiger partial charge on any atom is -0.480 e. The van der Waals surface area contributed by atoms with E-state index in [0.717, 1.165) is 4.90 Å². The fourth-order valence-electron chi connectivity index (χ4n) is 0.739. The smallest absolute Gasteiger partial charge is 0.323 e. The van der Waals surface area contributed by atoms with E-state index in [4.69, 9.17) is 10.8 Å². The fourth-order valence-corrected chi connectivity index (χ4v) is 0.739. The minimum atomic E-state index is -1.03. The van der Waals surface area contributed by atoms with Crippen molar-refractivity contribution in [3.8, 4) is 0 Å². The number of hydrogen-bond acceptors (Lipinski definition) is 3. The summed E-state index contributed by atoms with van der Waals surface area (Å²) in [5.41, 5.74) is 5.41. The molecular formula is C7H14N2O3. The molecule has 0 rings (SSSR count). The van der Waals surface area contributed by atoms with Crippen LogP contribution in [0.5, 0.6) is 0 Å². The summed E-state index contributed by atoms with van der Waals surface area (Å²) < 4.78 is 0. The summed E-state index contributed by atoms with van der Waals surface area (Å²) in [6.07, 6.45) is 0.517. The second kappa shape index (κ2) is 4.71. The van der Waals surface area contributed by atoms with Crippen LogP contribution in [0.3, 0.4) is 0 Å². The second-order valence-corrected chi connectivity index (χ2v) is 2.60. The van der Waals surface area contributed by atoms with E-state index in [-0.39, 0.29) is 12.5 Å². The van der Waals surface area contributed by atoms with Gasteiger partial charge in [-0.3, -0.25) is 9.59 Å². The van der Waals surface area contributed by atoms with Crippen molar-refractivity contribution in [2.45, 2.75) is 19.4 Å². The molecule has 3 N–H and O–H groups in total. The maximum Gasteiger partial charge on any atom is 0.323 e. The Morgan fingerprint density at radius 2 is 2.08 bits per heavy atom. The van der Waals surface area contributed by atoms with E-state index < -0.39 is 12.0 Å². The molecular weight excluding hydrogens is 160 g/mol. The monoisotopic (exact) mass is 174 g/mol. The van der Waals surface area contributed by atoms with Gasteiger partial charge in [0.25, 0.3) is 0 Å². The number of carbonyl (C=O) groups is 2. The fraction of sp³-hybridized carbons (Fsp3) is 0.714. The van der Waals surface area contributed by atoms with Gasteiger partial charge in [-0.15, -0.1) is 0 Å². The molecule has 0 aromatic rings. The third-order valence-electron chi connectivity index (χ3n) is 1.51. The van der Waals surface area contributed by atoms with Crippen LogP contribution in [0.1, 0.15) is 13.3 Å². The number of nitrogens with two attached hydrogens (primary N) is 1. The molecule has 0 saturated heterocycles. The summed E-state index contributed by atoms with van der Waals surface area (Å²) in [5, 5.41) is 8.35. The van der Waals surface area contributed by atoms with Gasteiger partial charge in [0, 0.05) is 7.05 Å². The van der Waals surface area contributed by atoms with Crippen LogP contribution < -0.4 is 5.73 Å². The lowest BCUT2D eigenvalue weighted by molar-refractivity contribution is -0.143. The van der Waals surface area contributed by atoms with Crippen molar-refractivity contribution in [1.29, 1.82) is 0 Å². The number of aliphatic carboxylic acids is 1. The third kappa shape index (κ3) is 3.34. The van der Waals surface area contributed by atoms with E-state index in [0.29, 0.717) is 6.42 Å². The predicted octanol–water partition coefficient (Wildman–Crippen LogP) is -0.733. The molecule has 0 heterocycles. The SMILES string of the molecule is CC[C@H](N)C(=O)N(C)CC(=O)O. The Kier molecular flexibility index (Phi) is 4.28. The van der Waals surface area contributed by atoms with Gasteiger partial charge in [-0.25, -0.2) is 0 Å². The number of carboxylic acids is 1. The molecule has 5 heteroatoms. The zero-order chi connectivity index (χ0) is 9.72. The minimum absolute atomic E-state index is 0.299. The van der Waals surface area contributed by atoms with Gasteiger partial charge >= 0.3 is 5.97 Å². The largest absolute Gasteiger partial charge is 0.480 e. The molecule has 12 heavy (non-hydrogen) atoms. The maximum absolute atomic E-state index is 11.1. The Morgan fingerprint density at radius 3 is 2.42 bits per heavy atom. The molecule has 0 aromatic heterocycles. The lowest BCUT2D eigenvalue weighted by Gasteiger charge is -2.17. The summed E-state index contributed by atoms with van der Waals surface area (Å²) >= 11 is 0. The number of amides is 1. The Hall–Kier alpha value is -1.10. The molecule has 0 radical (unpaired) electrons. The molecule has 0 aromatic carbocycles. The highest BCUT2D eigenvalue weighted by molar-refractivity contribution is 5.84. The van der Waals surface area contributed by atoms with Crippen molar-refractivity contribution in [3.05, 3.63) is 0 Å². The zero-order valence-corrected chi connectivity index (χ0v) is 7.28. The molecule has 0 unspecified atom stereocenters. The van der Waals surface area contributed by atoms with Crippen LogP contribution in [-0.2, 0) is 9.59 Å². The van der Waals surface area contributed by atoms with E-state index in [1.807, 2.05) is 0 Å². The lowest BCUT2D eigenvalue weighted by Crippen LogP contribution is -2.43. The number of nitrogens with zero attached hydrogens (tertiary/aromatic N) is 1.